The predicted molar refractivity (Wildman–Crippen MR) is 266 cm³/mol. The molecule has 0 amide bonds. The van der Waals surface area contributed by atoms with E-state index in [4.69, 9.17) is 0 Å². The van der Waals surface area contributed by atoms with Gasteiger partial charge in [-0.05, 0) is 126 Å². The third-order valence-electron chi connectivity index (χ3n) is 14.1. The molecule has 0 saturated carbocycles. The highest BCUT2D eigenvalue weighted by atomic mass is 19.4. The van der Waals surface area contributed by atoms with Crippen molar-refractivity contribution in [2.75, 3.05) is 4.90 Å². The maximum absolute atomic E-state index is 13.6. The molecule has 320 valence electrons. The van der Waals surface area contributed by atoms with Gasteiger partial charge in [0.25, 0.3) is 0 Å². The van der Waals surface area contributed by atoms with E-state index in [1.807, 2.05) is 12.1 Å². The molecule has 2 aliphatic carbocycles. The van der Waals surface area contributed by atoms with Gasteiger partial charge in [0.05, 0.1) is 16.4 Å². The van der Waals surface area contributed by atoms with E-state index in [2.05, 4.69) is 223 Å². The maximum atomic E-state index is 13.6. The van der Waals surface area contributed by atoms with Crippen LogP contribution in [0.1, 0.15) is 50.1 Å². The third-order valence-corrected chi connectivity index (χ3v) is 14.1. The number of anilines is 3. The molecule has 10 aromatic carbocycles. The van der Waals surface area contributed by atoms with Crippen LogP contribution < -0.4 is 4.90 Å². The Morgan fingerprint density at radius 2 is 0.642 bits per heavy atom. The Morgan fingerprint density at radius 3 is 1.13 bits per heavy atom. The Kier molecular flexibility index (Phi) is 9.47. The van der Waals surface area contributed by atoms with Crippen LogP contribution in [0.25, 0.3) is 33.4 Å². The van der Waals surface area contributed by atoms with Crippen molar-refractivity contribution in [3.63, 3.8) is 0 Å². The number of fused-ring (bicyclic) bond motifs is 6. The molecule has 2 aliphatic rings. The minimum Gasteiger partial charge on any atom is -0.310 e. The summed E-state index contributed by atoms with van der Waals surface area (Å²) in [6.45, 7) is 0. The molecule has 0 aliphatic heterocycles. The molecule has 67 heavy (non-hydrogen) atoms. The first-order valence-electron chi connectivity index (χ1n) is 22.7. The molecule has 0 N–H and O–H groups in total. The number of benzene rings is 10. The summed E-state index contributed by atoms with van der Waals surface area (Å²) >= 11 is 0. The van der Waals surface area contributed by atoms with E-state index in [0.29, 0.717) is 5.56 Å². The Bertz CT molecular complexity index is 3340. The van der Waals surface area contributed by atoms with Crippen LogP contribution in [0.15, 0.2) is 255 Å². The number of halogens is 3. The summed E-state index contributed by atoms with van der Waals surface area (Å²) in [5.74, 6) is 0. The number of nitrogens with zero attached hydrogens (tertiary/aromatic N) is 1. The monoisotopic (exact) mass is 869 g/mol. The third kappa shape index (κ3) is 6.24. The molecule has 0 spiro atoms. The van der Waals surface area contributed by atoms with Gasteiger partial charge >= 0.3 is 6.18 Å². The van der Waals surface area contributed by atoms with E-state index in [1.54, 1.807) is 12.1 Å². The fourth-order valence-electron chi connectivity index (χ4n) is 11.2. The predicted octanol–water partition coefficient (Wildman–Crippen LogP) is 16.6. The van der Waals surface area contributed by atoms with Gasteiger partial charge < -0.3 is 4.90 Å². The molecule has 10 aromatic rings. The molecule has 4 heteroatoms. The van der Waals surface area contributed by atoms with Crippen molar-refractivity contribution in [2.45, 2.75) is 17.0 Å². The van der Waals surface area contributed by atoms with Crippen LogP contribution in [-0.2, 0) is 17.0 Å². The molecule has 0 fully saturated rings. The van der Waals surface area contributed by atoms with Crippen LogP contribution >= 0.6 is 0 Å². The normalized spacial score (nSPS) is 13.8. The van der Waals surface area contributed by atoms with E-state index in [-0.39, 0.29) is 0 Å². The van der Waals surface area contributed by atoms with Crippen LogP contribution in [0.2, 0.25) is 0 Å². The Labute approximate surface area is 388 Å². The van der Waals surface area contributed by atoms with Gasteiger partial charge in [0.15, 0.2) is 0 Å². The quantitative estimate of drug-likeness (QED) is 0.147. The summed E-state index contributed by atoms with van der Waals surface area (Å²) in [7, 11) is 0. The molecule has 0 aromatic heterocycles. The molecular weight excluding hydrogens is 828 g/mol. The van der Waals surface area contributed by atoms with E-state index in [9.17, 15) is 13.2 Å². The standard InChI is InChI=1S/C63H42F3N/c64-63(65,66)49-33-29-43(30-34-49)44-31-35-50(36-32-44)67(51-38-40-59-56(41-51)54-26-14-16-28-58(54)61(59,45-17-5-1-6-18-45)46-19-7-2-8-20-46)52-37-39-55-53-25-13-15-27-57(53)62(60(55)42-52,47-21-9-3-10-22-47)48-23-11-4-12-24-48/h1-42H. The van der Waals surface area contributed by atoms with Gasteiger partial charge in [-0.25, -0.2) is 0 Å². The van der Waals surface area contributed by atoms with E-state index in [1.165, 1.54) is 61.2 Å². The zero-order chi connectivity index (χ0) is 45.2. The van der Waals surface area contributed by atoms with Crippen LogP contribution in [0, 0.1) is 0 Å². The summed E-state index contributed by atoms with van der Waals surface area (Å²) in [6.07, 6.45) is -4.41. The second-order valence-corrected chi connectivity index (χ2v) is 17.5. The molecule has 0 atom stereocenters. The molecule has 1 nitrogen and oxygen atoms in total. The van der Waals surface area contributed by atoms with Crippen LogP contribution in [0.5, 0.6) is 0 Å². The van der Waals surface area contributed by atoms with Gasteiger partial charge in [0.2, 0.25) is 0 Å². The minimum absolute atomic E-state index is 0.550. The van der Waals surface area contributed by atoms with Crippen molar-refractivity contribution < 1.29 is 13.2 Å². The molecule has 0 saturated heterocycles. The maximum Gasteiger partial charge on any atom is 0.416 e. The highest BCUT2D eigenvalue weighted by molar-refractivity contribution is 5.93. The van der Waals surface area contributed by atoms with Gasteiger partial charge in [0.1, 0.15) is 0 Å². The smallest absolute Gasteiger partial charge is 0.310 e. The summed E-state index contributed by atoms with van der Waals surface area (Å²) < 4.78 is 40.7. The lowest BCUT2D eigenvalue weighted by molar-refractivity contribution is -0.137. The SMILES string of the molecule is FC(F)(F)c1ccc(-c2ccc(N(c3ccc4c(c3)-c3ccccc3C4(c3ccccc3)c3ccccc3)c3ccc4c(c3)C(c3ccccc3)(c3ccccc3)c3ccccc3-4)cc2)cc1. The Hall–Kier alpha value is -8.21. The fraction of sp³-hybridized carbons (Fsp3) is 0.0476. The van der Waals surface area contributed by atoms with Crippen molar-refractivity contribution in [3.8, 4) is 33.4 Å². The van der Waals surface area contributed by atoms with Crippen molar-refractivity contribution in [1.82, 2.24) is 0 Å². The fourth-order valence-corrected chi connectivity index (χ4v) is 11.2. The van der Waals surface area contributed by atoms with Gasteiger partial charge in [-0.1, -0.05) is 206 Å². The highest BCUT2D eigenvalue weighted by Gasteiger charge is 2.48. The number of rotatable bonds is 8. The topological polar surface area (TPSA) is 3.24 Å². The van der Waals surface area contributed by atoms with Crippen molar-refractivity contribution in [3.05, 3.63) is 305 Å². The molecule has 0 bridgehead atoms. The summed E-state index contributed by atoms with van der Waals surface area (Å²) in [4.78, 5) is 2.33. The Morgan fingerprint density at radius 1 is 0.284 bits per heavy atom. The van der Waals surface area contributed by atoms with E-state index in [0.717, 1.165) is 40.3 Å². The van der Waals surface area contributed by atoms with Gasteiger partial charge in [0, 0.05) is 17.1 Å². The lowest BCUT2D eigenvalue weighted by Gasteiger charge is -2.35. The first kappa shape index (κ1) is 40.3. The lowest BCUT2D eigenvalue weighted by Crippen LogP contribution is -2.28. The summed E-state index contributed by atoms with van der Waals surface area (Å²) in [5, 5.41) is 0. The van der Waals surface area contributed by atoms with E-state index >= 15 is 0 Å². The molecule has 0 radical (unpaired) electrons. The number of alkyl halides is 3. The first-order valence-corrected chi connectivity index (χ1v) is 22.7. The van der Waals surface area contributed by atoms with Crippen LogP contribution in [0.3, 0.4) is 0 Å². The number of hydrogen-bond acceptors (Lipinski definition) is 1. The van der Waals surface area contributed by atoms with E-state index < -0.39 is 22.6 Å². The minimum atomic E-state index is -4.41. The number of hydrogen-bond donors (Lipinski definition) is 0. The molecule has 0 heterocycles. The molecule has 12 rings (SSSR count). The van der Waals surface area contributed by atoms with Gasteiger partial charge in [-0.3, -0.25) is 0 Å². The van der Waals surface area contributed by atoms with Crippen LogP contribution in [-0.4, -0.2) is 0 Å². The zero-order valence-electron chi connectivity index (χ0n) is 36.3. The lowest BCUT2D eigenvalue weighted by atomic mass is 9.67. The second kappa shape index (κ2) is 15.7. The van der Waals surface area contributed by atoms with Crippen molar-refractivity contribution in [1.29, 1.82) is 0 Å². The highest BCUT2D eigenvalue weighted by Crippen LogP contribution is 2.59. The average molecular weight is 870 g/mol. The van der Waals surface area contributed by atoms with Crippen molar-refractivity contribution >= 4 is 17.1 Å². The summed E-state index contributed by atoms with van der Waals surface area (Å²) in [5.41, 5.74) is 17.0. The van der Waals surface area contributed by atoms with Crippen molar-refractivity contribution in [2.24, 2.45) is 0 Å². The average Bonchev–Trinajstić information content (AvgIpc) is 3.85. The second-order valence-electron chi connectivity index (χ2n) is 17.5. The van der Waals surface area contributed by atoms with Gasteiger partial charge in [-0.15, -0.1) is 0 Å². The largest absolute Gasteiger partial charge is 0.416 e. The van der Waals surface area contributed by atoms with Crippen LogP contribution in [0.4, 0.5) is 30.2 Å². The first-order chi connectivity index (χ1) is 32.9. The molecule has 0 unspecified atom stereocenters. The summed E-state index contributed by atoms with van der Waals surface area (Å²) in [6, 6.07) is 88.2. The zero-order valence-corrected chi connectivity index (χ0v) is 36.3. The van der Waals surface area contributed by atoms with Gasteiger partial charge in [-0.2, -0.15) is 13.2 Å². The Balaban J connectivity index is 1.09. The molecular formula is C63H42F3N.